The van der Waals surface area contributed by atoms with Gasteiger partial charge in [-0.25, -0.2) is 0 Å². The molecule has 0 fully saturated rings. The maximum absolute atomic E-state index is 13.8. The summed E-state index contributed by atoms with van der Waals surface area (Å²) >= 11 is 0. The molecule has 37 heavy (non-hydrogen) atoms. The Morgan fingerprint density at radius 3 is 2.62 bits per heavy atom. The first-order valence-electron chi connectivity index (χ1n) is 12.1. The van der Waals surface area contributed by atoms with Crippen molar-refractivity contribution in [2.75, 3.05) is 18.6 Å². The predicted octanol–water partition coefficient (Wildman–Crippen LogP) is 3.52. The summed E-state index contributed by atoms with van der Waals surface area (Å²) in [5.41, 5.74) is 3.89. The number of para-hydroxylation sites is 3. The number of carbonyl (C=O) groups excluding carboxylic acids is 2. The van der Waals surface area contributed by atoms with Gasteiger partial charge in [-0.15, -0.1) is 0 Å². The standard InChI is InChI=1S/C29H27N5O3/c1-19(31-2)28(35)32-23-18-37-27-13-6-5-11-26(27)34(29(23)36)17-21-9-7-12-25-22(21)14-15-33(25)24-10-4-3-8-20(24)16-30/h3-15,19,23,31H,17-18H2,1-2H3,(H,32,35). The van der Waals surface area contributed by atoms with Gasteiger partial charge in [0.05, 0.1) is 35.0 Å². The molecule has 0 aliphatic carbocycles. The van der Waals surface area contributed by atoms with Gasteiger partial charge in [0.15, 0.2) is 0 Å². The zero-order chi connectivity index (χ0) is 25.9. The summed E-state index contributed by atoms with van der Waals surface area (Å²) in [4.78, 5) is 28.0. The molecule has 8 nitrogen and oxygen atoms in total. The zero-order valence-corrected chi connectivity index (χ0v) is 20.6. The van der Waals surface area contributed by atoms with Crippen molar-refractivity contribution in [3.05, 3.63) is 90.1 Å². The van der Waals surface area contributed by atoms with E-state index in [1.54, 1.807) is 24.9 Å². The maximum atomic E-state index is 13.8. The molecule has 0 saturated carbocycles. The van der Waals surface area contributed by atoms with Gasteiger partial charge < -0.3 is 24.8 Å². The van der Waals surface area contributed by atoms with Crippen LogP contribution in [0.5, 0.6) is 5.75 Å². The van der Waals surface area contributed by atoms with Gasteiger partial charge in [-0.3, -0.25) is 9.59 Å². The Hall–Kier alpha value is -4.61. The smallest absolute Gasteiger partial charge is 0.253 e. The first-order valence-corrected chi connectivity index (χ1v) is 12.1. The van der Waals surface area contributed by atoms with E-state index in [1.807, 2.05) is 77.5 Å². The second-order valence-electron chi connectivity index (χ2n) is 8.94. The van der Waals surface area contributed by atoms with Crippen molar-refractivity contribution >= 4 is 28.4 Å². The molecule has 4 aromatic rings. The number of rotatable bonds is 6. The fraction of sp³-hybridized carbons (Fsp3) is 0.207. The molecule has 1 aliphatic heterocycles. The van der Waals surface area contributed by atoms with Crippen LogP contribution in [0.3, 0.4) is 0 Å². The number of nitrogens with zero attached hydrogens (tertiary/aromatic N) is 3. The van der Waals surface area contributed by atoms with Crippen LogP contribution in [0.4, 0.5) is 5.69 Å². The molecule has 0 saturated heterocycles. The van der Waals surface area contributed by atoms with Gasteiger partial charge in [0.1, 0.15) is 24.5 Å². The van der Waals surface area contributed by atoms with E-state index in [2.05, 4.69) is 16.7 Å². The third-order valence-electron chi connectivity index (χ3n) is 6.70. The van der Waals surface area contributed by atoms with Crippen molar-refractivity contribution in [2.45, 2.75) is 25.6 Å². The van der Waals surface area contributed by atoms with Crippen molar-refractivity contribution in [3.63, 3.8) is 0 Å². The van der Waals surface area contributed by atoms with E-state index in [4.69, 9.17) is 4.74 Å². The van der Waals surface area contributed by atoms with E-state index in [-0.39, 0.29) is 25.0 Å². The fourth-order valence-corrected chi connectivity index (χ4v) is 4.58. The second-order valence-corrected chi connectivity index (χ2v) is 8.94. The van der Waals surface area contributed by atoms with E-state index in [1.165, 1.54) is 0 Å². The number of benzene rings is 3. The molecule has 186 valence electrons. The summed E-state index contributed by atoms with van der Waals surface area (Å²) in [5.74, 6) is 0.0699. The molecule has 8 heteroatoms. The third kappa shape index (κ3) is 4.53. The number of fused-ring (bicyclic) bond motifs is 2. The summed E-state index contributed by atoms with van der Waals surface area (Å²) in [5, 5.41) is 16.3. The second kappa shape index (κ2) is 10.2. The lowest BCUT2D eigenvalue weighted by Crippen LogP contribution is -2.53. The fourth-order valence-electron chi connectivity index (χ4n) is 4.58. The topological polar surface area (TPSA) is 99.4 Å². The van der Waals surface area contributed by atoms with E-state index < -0.39 is 12.1 Å². The molecule has 3 aromatic carbocycles. The van der Waals surface area contributed by atoms with Gasteiger partial charge in [0, 0.05) is 11.6 Å². The molecule has 2 atom stereocenters. The SMILES string of the molecule is CNC(C)C(=O)NC1COc2ccccc2N(Cc2cccc3c2ccn3-c2ccccc2C#N)C1=O. The van der Waals surface area contributed by atoms with Crippen LogP contribution in [0.15, 0.2) is 79.0 Å². The molecule has 0 radical (unpaired) electrons. The van der Waals surface area contributed by atoms with Crippen LogP contribution in [0.25, 0.3) is 16.6 Å². The minimum atomic E-state index is -0.831. The number of likely N-dealkylation sites (N-methyl/N-ethyl adjacent to an activating group) is 1. The van der Waals surface area contributed by atoms with Crippen molar-refractivity contribution in [1.29, 1.82) is 5.26 Å². The first-order chi connectivity index (χ1) is 18.0. The van der Waals surface area contributed by atoms with Crippen LogP contribution >= 0.6 is 0 Å². The molecule has 2 N–H and O–H groups in total. The molecule has 2 amide bonds. The van der Waals surface area contributed by atoms with Crippen LogP contribution in [-0.4, -0.2) is 42.1 Å². The van der Waals surface area contributed by atoms with Gasteiger partial charge in [0.2, 0.25) is 5.91 Å². The average Bonchev–Trinajstić information content (AvgIpc) is 3.33. The molecule has 2 unspecified atom stereocenters. The molecule has 5 rings (SSSR count). The Morgan fingerprint density at radius 1 is 1.08 bits per heavy atom. The molecule has 1 aliphatic rings. The highest BCUT2D eigenvalue weighted by Crippen LogP contribution is 2.34. The number of nitriles is 1. The number of hydrogen-bond acceptors (Lipinski definition) is 5. The zero-order valence-electron chi connectivity index (χ0n) is 20.6. The molecule has 0 bridgehead atoms. The number of nitrogens with one attached hydrogen (secondary N) is 2. The quantitative estimate of drug-likeness (QED) is 0.428. The molecular formula is C29H27N5O3. The van der Waals surface area contributed by atoms with E-state index >= 15 is 0 Å². The van der Waals surface area contributed by atoms with Crippen LogP contribution in [0.1, 0.15) is 18.1 Å². The highest BCUT2D eigenvalue weighted by atomic mass is 16.5. The molecule has 0 spiro atoms. The first kappa shape index (κ1) is 24.1. The maximum Gasteiger partial charge on any atom is 0.253 e. The van der Waals surface area contributed by atoms with Gasteiger partial charge in [0.25, 0.3) is 5.91 Å². The number of anilines is 1. The molecule has 2 heterocycles. The Balaban J connectivity index is 1.53. The van der Waals surface area contributed by atoms with Crippen molar-refractivity contribution in [2.24, 2.45) is 0 Å². The Kier molecular flexibility index (Phi) is 6.62. The predicted molar refractivity (Wildman–Crippen MR) is 142 cm³/mol. The number of carbonyl (C=O) groups is 2. The summed E-state index contributed by atoms with van der Waals surface area (Å²) in [6, 6.07) is 23.8. The monoisotopic (exact) mass is 493 g/mol. The van der Waals surface area contributed by atoms with Gasteiger partial charge >= 0.3 is 0 Å². The number of amides is 2. The number of aromatic nitrogens is 1. The lowest BCUT2D eigenvalue weighted by molar-refractivity contribution is -0.129. The van der Waals surface area contributed by atoms with Crippen molar-refractivity contribution in [1.82, 2.24) is 15.2 Å². The molecular weight excluding hydrogens is 466 g/mol. The average molecular weight is 494 g/mol. The lowest BCUT2D eigenvalue weighted by atomic mass is 10.1. The Morgan fingerprint density at radius 2 is 1.84 bits per heavy atom. The third-order valence-corrected chi connectivity index (χ3v) is 6.70. The van der Waals surface area contributed by atoms with E-state index in [9.17, 15) is 14.9 Å². The Bertz CT molecular complexity index is 1520. The summed E-state index contributed by atoms with van der Waals surface area (Å²) in [6.07, 6.45) is 1.94. The number of hydrogen-bond donors (Lipinski definition) is 2. The van der Waals surface area contributed by atoms with Gasteiger partial charge in [-0.05, 0) is 55.9 Å². The van der Waals surface area contributed by atoms with Crippen LogP contribution in [0, 0.1) is 11.3 Å². The van der Waals surface area contributed by atoms with Gasteiger partial charge in [-0.2, -0.15) is 5.26 Å². The largest absolute Gasteiger partial charge is 0.489 e. The minimum Gasteiger partial charge on any atom is -0.489 e. The van der Waals surface area contributed by atoms with E-state index in [0.29, 0.717) is 17.0 Å². The minimum absolute atomic E-state index is 0.0417. The van der Waals surface area contributed by atoms with Crippen molar-refractivity contribution in [3.8, 4) is 17.5 Å². The van der Waals surface area contributed by atoms with Crippen molar-refractivity contribution < 1.29 is 14.3 Å². The van der Waals surface area contributed by atoms with E-state index in [0.717, 1.165) is 22.2 Å². The lowest BCUT2D eigenvalue weighted by Gasteiger charge is -2.26. The summed E-state index contributed by atoms with van der Waals surface area (Å²) in [7, 11) is 1.69. The van der Waals surface area contributed by atoms with Gasteiger partial charge in [-0.1, -0.05) is 36.4 Å². The van der Waals surface area contributed by atoms with Crippen LogP contribution in [0.2, 0.25) is 0 Å². The highest BCUT2D eigenvalue weighted by Gasteiger charge is 2.33. The normalized spacial score (nSPS) is 15.9. The van der Waals surface area contributed by atoms with Crippen LogP contribution in [-0.2, 0) is 16.1 Å². The summed E-state index contributed by atoms with van der Waals surface area (Å²) in [6.45, 7) is 2.06. The summed E-state index contributed by atoms with van der Waals surface area (Å²) < 4.78 is 7.94. The Labute approximate surface area is 215 Å². The molecule has 1 aromatic heterocycles. The van der Waals surface area contributed by atoms with Crippen LogP contribution < -0.4 is 20.3 Å². The highest BCUT2D eigenvalue weighted by molar-refractivity contribution is 6.02. The number of ether oxygens (including phenoxy) is 1.